The lowest BCUT2D eigenvalue weighted by Gasteiger charge is -2.14. The smallest absolute Gasteiger partial charge is 0.372 e. The van der Waals surface area contributed by atoms with Gasteiger partial charge in [0.2, 0.25) is 11.9 Å². The van der Waals surface area contributed by atoms with Gasteiger partial charge >= 0.3 is 6.18 Å². The molecule has 2 heterocycles. The van der Waals surface area contributed by atoms with Crippen molar-refractivity contribution in [1.29, 1.82) is 0 Å². The molecule has 30 heavy (non-hydrogen) atoms. The summed E-state index contributed by atoms with van der Waals surface area (Å²) in [6, 6.07) is 3.37. The number of hydrogen-bond donors (Lipinski definition) is 3. The van der Waals surface area contributed by atoms with Crippen LogP contribution >= 0.6 is 0 Å². The van der Waals surface area contributed by atoms with Crippen LogP contribution in [0.1, 0.15) is 32.7 Å². The fourth-order valence-electron chi connectivity index (χ4n) is 3.04. The number of halogens is 3. The van der Waals surface area contributed by atoms with Gasteiger partial charge in [0.05, 0.1) is 23.3 Å². The molecule has 1 amide bonds. The maximum atomic E-state index is 13.0. The average Bonchev–Trinajstić information content (AvgIpc) is 3.03. The molecule has 0 saturated carbocycles. The van der Waals surface area contributed by atoms with Crippen LogP contribution < -0.4 is 16.4 Å². The number of nitrogens with two attached hydrogens (primary N) is 1. The minimum absolute atomic E-state index is 0.00743. The van der Waals surface area contributed by atoms with Crippen molar-refractivity contribution < 1.29 is 18.0 Å². The molecule has 0 aliphatic rings. The van der Waals surface area contributed by atoms with E-state index in [2.05, 4.69) is 25.7 Å². The summed E-state index contributed by atoms with van der Waals surface area (Å²) in [5.74, 6) is -0.855. The second-order valence-electron chi connectivity index (χ2n) is 6.63. The standard InChI is InChI=1S/C19H20F3N7O/c1-9-10(2)15(6-5-12(9)16(23)30)29-11(3)14(8-26-29)27-18-25-7-13(19(20,21)22)17(24-4)28-18/h5-8H,1-4H3,(H2,23,30)(H2,24,25,27,28). The Balaban J connectivity index is 1.96. The van der Waals surface area contributed by atoms with Crippen molar-refractivity contribution in [2.45, 2.75) is 26.9 Å². The fourth-order valence-corrected chi connectivity index (χ4v) is 3.04. The summed E-state index contributed by atoms with van der Waals surface area (Å²) in [4.78, 5) is 19.2. The number of amides is 1. The molecular formula is C19H20F3N7O. The third-order valence-electron chi connectivity index (χ3n) is 4.84. The second kappa shape index (κ2) is 7.65. The first-order valence-corrected chi connectivity index (χ1v) is 8.88. The lowest BCUT2D eigenvalue weighted by Crippen LogP contribution is -2.14. The molecule has 1 aromatic carbocycles. The van der Waals surface area contributed by atoms with Gasteiger partial charge in [0, 0.05) is 18.8 Å². The molecule has 4 N–H and O–H groups in total. The number of benzene rings is 1. The molecule has 0 radical (unpaired) electrons. The summed E-state index contributed by atoms with van der Waals surface area (Å²) in [5.41, 5.74) is 8.38. The normalized spacial score (nSPS) is 11.4. The van der Waals surface area contributed by atoms with Crippen LogP contribution in [-0.4, -0.2) is 32.7 Å². The largest absolute Gasteiger partial charge is 0.421 e. The van der Waals surface area contributed by atoms with E-state index in [1.807, 2.05) is 6.92 Å². The first-order chi connectivity index (χ1) is 14.0. The van der Waals surface area contributed by atoms with Gasteiger partial charge in [0.15, 0.2) is 0 Å². The molecule has 8 nitrogen and oxygen atoms in total. The third-order valence-corrected chi connectivity index (χ3v) is 4.84. The number of carbonyl (C=O) groups excluding carboxylic acids is 1. The zero-order chi connectivity index (χ0) is 22.2. The minimum atomic E-state index is -4.57. The molecule has 0 bridgehead atoms. The molecule has 0 saturated heterocycles. The van der Waals surface area contributed by atoms with Gasteiger partial charge in [0.25, 0.3) is 0 Å². The van der Waals surface area contributed by atoms with Crippen LogP contribution in [0.3, 0.4) is 0 Å². The Hall–Kier alpha value is -3.63. The van der Waals surface area contributed by atoms with Crippen LogP contribution in [0.5, 0.6) is 0 Å². The fraction of sp³-hybridized carbons (Fsp3) is 0.263. The molecule has 3 aromatic rings. The molecule has 158 valence electrons. The van der Waals surface area contributed by atoms with Crippen molar-refractivity contribution in [3.05, 3.63) is 52.5 Å². The zero-order valence-corrected chi connectivity index (χ0v) is 16.7. The van der Waals surface area contributed by atoms with Crippen LogP contribution in [0.4, 0.5) is 30.6 Å². The van der Waals surface area contributed by atoms with Crippen LogP contribution in [0.25, 0.3) is 5.69 Å². The van der Waals surface area contributed by atoms with Crippen LogP contribution in [0, 0.1) is 20.8 Å². The highest BCUT2D eigenvalue weighted by Crippen LogP contribution is 2.34. The highest BCUT2D eigenvalue weighted by Gasteiger charge is 2.35. The second-order valence-corrected chi connectivity index (χ2v) is 6.63. The van der Waals surface area contributed by atoms with Gasteiger partial charge < -0.3 is 16.4 Å². The van der Waals surface area contributed by atoms with E-state index in [9.17, 15) is 18.0 Å². The van der Waals surface area contributed by atoms with E-state index >= 15 is 0 Å². The number of hydrogen-bond acceptors (Lipinski definition) is 6. The minimum Gasteiger partial charge on any atom is -0.372 e. The molecular weight excluding hydrogens is 399 g/mol. The Kier molecular flexibility index (Phi) is 5.38. The van der Waals surface area contributed by atoms with Gasteiger partial charge in [-0.25, -0.2) is 9.67 Å². The van der Waals surface area contributed by atoms with Crippen LogP contribution in [-0.2, 0) is 6.18 Å². The van der Waals surface area contributed by atoms with Gasteiger partial charge in [-0.3, -0.25) is 4.79 Å². The van der Waals surface area contributed by atoms with Crippen molar-refractivity contribution in [2.75, 3.05) is 17.7 Å². The number of nitrogens with zero attached hydrogens (tertiary/aromatic N) is 4. The number of primary amides is 1. The van der Waals surface area contributed by atoms with Crippen molar-refractivity contribution in [3.8, 4) is 5.69 Å². The monoisotopic (exact) mass is 419 g/mol. The summed E-state index contributed by atoms with van der Waals surface area (Å²) < 4.78 is 40.7. The number of anilines is 3. The van der Waals surface area contributed by atoms with Crippen molar-refractivity contribution in [2.24, 2.45) is 5.73 Å². The summed E-state index contributed by atoms with van der Waals surface area (Å²) in [5, 5.41) is 9.67. The topological polar surface area (TPSA) is 111 Å². The highest BCUT2D eigenvalue weighted by atomic mass is 19.4. The number of alkyl halides is 3. The van der Waals surface area contributed by atoms with Gasteiger partial charge in [-0.1, -0.05) is 0 Å². The quantitative estimate of drug-likeness (QED) is 0.584. The number of rotatable bonds is 5. The van der Waals surface area contributed by atoms with Gasteiger partial charge in [0.1, 0.15) is 11.4 Å². The lowest BCUT2D eigenvalue weighted by atomic mass is 10.0. The first kappa shape index (κ1) is 21.1. The molecule has 0 aliphatic carbocycles. The van der Waals surface area contributed by atoms with Crippen LogP contribution in [0.2, 0.25) is 0 Å². The Morgan fingerprint density at radius 3 is 2.43 bits per heavy atom. The highest BCUT2D eigenvalue weighted by molar-refractivity contribution is 5.95. The van der Waals surface area contributed by atoms with Crippen molar-refractivity contribution >= 4 is 23.4 Å². The molecule has 0 aliphatic heterocycles. The Labute approximate surface area is 170 Å². The summed E-state index contributed by atoms with van der Waals surface area (Å²) in [7, 11) is 1.35. The molecule has 3 rings (SSSR count). The molecule has 0 unspecified atom stereocenters. The maximum absolute atomic E-state index is 13.0. The molecule has 11 heteroatoms. The Bertz CT molecular complexity index is 1120. The van der Waals surface area contributed by atoms with E-state index in [-0.39, 0.29) is 11.8 Å². The van der Waals surface area contributed by atoms with Gasteiger partial charge in [-0.05, 0) is 44.0 Å². The number of aromatic nitrogens is 4. The lowest BCUT2D eigenvalue weighted by molar-refractivity contribution is -0.137. The molecule has 0 atom stereocenters. The maximum Gasteiger partial charge on any atom is 0.421 e. The molecule has 2 aromatic heterocycles. The van der Waals surface area contributed by atoms with Crippen molar-refractivity contribution in [3.63, 3.8) is 0 Å². The zero-order valence-electron chi connectivity index (χ0n) is 16.7. The van der Waals surface area contributed by atoms with Crippen LogP contribution in [0.15, 0.2) is 24.5 Å². The first-order valence-electron chi connectivity index (χ1n) is 8.88. The third kappa shape index (κ3) is 3.78. The number of nitrogens with one attached hydrogen (secondary N) is 2. The SMILES string of the molecule is CNc1nc(Nc2cnn(-c3ccc(C(N)=O)c(C)c3C)c2C)ncc1C(F)(F)F. The van der Waals surface area contributed by atoms with E-state index in [1.165, 1.54) is 13.2 Å². The van der Waals surface area contributed by atoms with E-state index in [4.69, 9.17) is 5.73 Å². The molecule has 0 spiro atoms. The number of carbonyl (C=O) groups is 1. The van der Waals surface area contributed by atoms with Crippen molar-refractivity contribution in [1.82, 2.24) is 19.7 Å². The summed E-state index contributed by atoms with van der Waals surface area (Å²) in [6.45, 7) is 5.44. The predicted octanol–water partition coefficient (Wildman–Crippen LogP) is 3.49. The van der Waals surface area contributed by atoms with Gasteiger partial charge in [-0.2, -0.15) is 23.3 Å². The Morgan fingerprint density at radius 1 is 1.13 bits per heavy atom. The molecule has 0 fully saturated rings. The average molecular weight is 419 g/mol. The Morgan fingerprint density at radius 2 is 1.83 bits per heavy atom. The van der Waals surface area contributed by atoms with E-state index in [1.54, 1.807) is 30.7 Å². The summed E-state index contributed by atoms with van der Waals surface area (Å²) in [6.07, 6.45) is -2.33. The van der Waals surface area contributed by atoms with E-state index < -0.39 is 17.6 Å². The predicted molar refractivity (Wildman–Crippen MR) is 106 cm³/mol. The van der Waals surface area contributed by atoms with E-state index in [0.717, 1.165) is 23.0 Å². The van der Waals surface area contributed by atoms with Gasteiger partial charge in [-0.15, -0.1) is 0 Å². The summed E-state index contributed by atoms with van der Waals surface area (Å²) >= 11 is 0. The van der Waals surface area contributed by atoms with E-state index in [0.29, 0.717) is 16.9 Å².